The second-order valence-electron chi connectivity index (χ2n) is 5.28. The Hall–Kier alpha value is -2.37. The van der Waals surface area contributed by atoms with E-state index in [-0.39, 0.29) is 5.78 Å². The molecule has 0 amide bonds. The fourth-order valence-electron chi connectivity index (χ4n) is 2.28. The van der Waals surface area contributed by atoms with E-state index in [1.165, 1.54) is 12.3 Å². The maximum Gasteiger partial charge on any atom is 0.189 e. The second kappa shape index (κ2) is 6.63. The molecule has 0 spiro atoms. The van der Waals surface area contributed by atoms with Gasteiger partial charge in [0, 0.05) is 23.8 Å². The highest BCUT2D eigenvalue weighted by atomic mass is 35.5. The largest absolute Gasteiger partial charge is 0.289 e. The smallest absolute Gasteiger partial charge is 0.189 e. The molecule has 5 nitrogen and oxygen atoms in total. The summed E-state index contributed by atoms with van der Waals surface area (Å²) in [4.78, 5) is 12.1. The van der Waals surface area contributed by atoms with Gasteiger partial charge >= 0.3 is 0 Å². The Morgan fingerprint density at radius 3 is 2.75 bits per heavy atom. The molecular formula is C17H14Cl2N4O. The molecular weight excluding hydrogens is 347 g/mol. The summed E-state index contributed by atoms with van der Waals surface area (Å²) in [6.45, 7) is 1.83. The molecule has 0 aliphatic heterocycles. The van der Waals surface area contributed by atoms with Crippen molar-refractivity contribution in [1.29, 1.82) is 0 Å². The first-order chi connectivity index (χ1) is 11.5. The van der Waals surface area contributed by atoms with Crippen LogP contribution in [0.5, 0.6) is 0 Å². The number of halogens is 2. The van der Waals surface area contributed by atoms with E-state index < -0.39 is 0 Å². The average Bonchev–Trinajstić information content (AvgIpc) is 3.09. The number of nitrogens with zero attached hydrogens (tertiary/aromatic N) is 4. The van der Waals surface area contributed by atoms with Gasteiger partial charge in [0.05, 0.1) is 23.1 Å². The lowest BCUT2D eigenvalue weighted by molar-refractivity contribution is 0.104. The molecule has 3 aromatic rings. The summed E-state index contributed by atoms with van der Waals surface area (Å²) in [7, 11) is 1.76. The molecule has 24 heavy (non-hydrogen) atoms. The number of rotatable bonds is 4. The topological polar surface area (TPSA) is 52.7 Å². The van der Waals surface area contributed by atoms with Crippen molar-refractivity contribution in [2.75, 3.05) is 0 Å². The molecule has 0 N–H and O–H groups in total. The van der Waals surface area contributed by atoms with Crippen LogP contribution >= 0.6 is 23.2 Å². The molecule has 0 unspecified atom stereocenters. The number of aromatic nitrogens is 4. The van der Waals surface area contributed by atoms with Crippen LogP contribution in [-0.4, -0.2) is 25.3 Å². The van der Waals surface area contributed by atoms with E-state index >= 15 is 0 Å². The van der Waals surface area contributed by atoms with Crippen molar-refractivity contribution in [3.05, 3.63) is 69.7 Å². The van der Waals surface area contributed by atoms with Crippen molar-refractivity contribution >= 4 is 35.1 Å². The summed E-state index contributed by atoms with van der Waals surface area (Å²) in [5.41, 5.74) is 2.68. The maximum atomic E-state index is 12.1. The minimum Gasteiger partial charge on any atom is -0.289 e. The summed E-state index contributed by atoms with van der Waals surface area (Å²) in [6, 6.07) is 7.24. The molecule has 0 fully saturated rings. The number of ketones is 1. The van der Waals surface area contributed by atoms with Gasteiger partial charge in [-0.25, -0.2) is 4.68 Å². The third-order valence-electron chi connectivity index (χ3n) is 3.49. The van der Waals surface area contributed by atoms with Crippen LogP contribution in [0.3, 0.4) is 0 Å². The molecule has 0 aliphatic carbocycles. The number of carbonyl (C=O) groups is 1. The molecule has 0 aliphatic rings. The zero-order valence-corrected chi connectivity index (χ0v) is 14.6. The Balaban J connectivity index is 1.92. The molecule has 0 radical (unpaired) electrons. The summed E-state index contributed by atoms with van der Waals surface area (Å²) in [6.07, 6.45) is 6.32. The summed E-state index contributed by atoms with van der Waals surface area (Å²) in [5.74, 6) is -0.144. The van der Waals surface area contributed by atoms with Gasteiger partial charge in [-0.15, -0.1) is 0 Å². The highest BCUT2D eigenvalue weighted by Gasteiger charge is 2.13. The molecule has 0 bridgehead atoms. The lowest BCUT2D eigenvalue weighted by atomic mass is 10.2. The number of allylic oxidation sites excluding steroid dienone is 1. The van der Waals surface area contributed by atoms with Crippen LogP contribution in [0.2, 0.25) is 10.2 Å². The fourth-order valence-corrected chi connectivity index (χ4v) is 2.80. The van der Waals surface area contributed by atoms with Crippen molar-refractivity contribution < 1.29 is 4.79 Å². The van der Waals surface area contributed by atoms with E-state index in [0.717, 1.165) is 11.4 Å². The van der Waals surface area contributed by atoms with Crippen molar-refractivity contribution in [3.8, 4) is 5.69 Å². The Kier molecular flexibility index (Phi) is 4.55. The van der Waals surface area contributed by atoms with E-state index in [1.807, 2.05) is 19.1 Å². The molecule has 0 saturated heterocycles. The zero-order valence-electron chi connectivity index (χ0n) is 13.1. The number of aryl methyl sites for hydroxylation is 2. The van der Waals surface area contributed by atoms with Crippen LogP contribution in [0, 0.1) is 6.92 Å². The van der Waals surface area contributed by atoms with Gasteiger partial charge in [0.1, 0.15) is 5.15 Å². The monoisotopic (exact) mass is 360 g/mol. The summed E-state index contributed by atoms with van der Waals surface area (Å²) < 4.78 is 3.17. The first-order valence-corrected chi connectivity index (χ1v) is 7.93. The highest BCUT2D eigenvalue weighted by molar-refractivity contribution is 6.32. The molecule has 122 valence electrons. The Bertz CT molecular complexity index is 940. The van der Waals surface area contributed by atoms with Gasteiger partial charge in [-0.1, -0.05) is 29.3 Å². The van der Waals surface area contributed by atoms with Gasteiger partial charge in [0.25, 0.3) is 0 Å². The van der Waals surface area contributed by atoms with E-state index in [0.29, 0.717) is 21.3 Å². The Morgan fingerprint density at radius 2 is 2.08 bits per heavy atom. The molecule has 7 heteroatoms. The lowest BCUT2D eigenvalue weighted by Crippen LogP contribution is -1.96. The number of carbonyl (C=O) groups excluding carboxylic acids is 1. The van der Waals surface area contributed by atoms with Crippen molar-refractivity contribution in [3.63, 3.8) is 0 Å². The number of benzene rings is 1. The second-order valence-corrected chi connectivity index (χ2v) is 6.08. The normalized spacial score (nSPS) is 11.3. The predicted molar refractivity (Wildman–Crippen MR) is 94.9 cm³/mol. The lowest BCUT2D eigenvalue weighted by Gasteiger charge is -2.03. The Morgan fingerprint density at radius 1 is 1.29 bits per heavy atom. The Labute approximate surface area is 149 Å². The van der Waals surface area contributed by atoms with Crippen LogP contribution < -0.4 is 0 Å². The van der Waals surface area contributed by atoms with Crippen LogP contribution in [-0.2, 0) is 7.05 Å². The molecule has 2 heterocycles. The quantitative estimate of drug-likeness (QED) is 0.519. The van der Waals surface area contributed by atoms with Crippen molar-refractivity contribution in [1.82, 2.24) is 19.6 Å². The van der Waals surface area contributed by atoms with Crippen molar-refractivity contribution in [2.45, 2.75) is 6.92 Å². The van der Waals surface area contributed by atoms with E-state index in [1.54, 1.807) is 40.8 Å². The van der Waals surface area contributed by atoms with Crippen molar-refractivity contribution in [2.24, 2.45) is 7.05 Å². The summed E-state index contributed by atoms with van der Waals surface area (Å²) in [5, 5.41) is 9.43. The number of hydrogen-bond donors (Lipinski definition) is 0. The average molecular weight is 361 g/mol. The van der Waals surface area contributed by atoms with E-state index in [9.17, 15) is 4.79 Å². The SMILES string of the molecule is Cc1nn(-c2cccc(Cl)c2)c(Cl)c1C=CC(=O)c1cnn(C)c1. The third kappa shape index (κ3) is 3.27. The zero-order chi connectivity index (χ0) is 17.3. The van der Waals surface area contributed by atoms with Gasteiger partial charge in [0.15, 0.2) is 5.78 Å². The van der Waals surface area contributed by atoms with Gasteiger partial charge in [-0.2, -0.15) is 10.2 Å². The molecule has 0 atom stereocenters. The number of hydrogen-bond acceptors (Lipinski definition) is 3. The van der Waals surface area contributed by atoms with Crippen LogP contribution in [0.4, 0.5) is 0 Å². The minimum atomic E-state index is -0.144. The van der Waals surface area contributed by atoms with Crippen LogP contribution in [0.1, 0.15) is 21.6 Å². The fraction of sp³-hybridized carbons (Fsp3) is 0.118. The first-order valence-electron chi connectivity index (χ1n) is 7.18. The first kappa shape index (κ1) is 16.5. The van der Waals surface area contributed by atoms with E-state index in [2.05, 4.69) is 10.2 Å². The van der Waals surface area contributed by atoms with Gasteiger partial charge in [0.2, 0.25) is 0 Å². The van der Waals surface area contributed by atoms with Gasteiger partial charge in [-0.05, 0) is 37.3 Å². The highest BCUT2D eigenvalue weighted by Crippen LogP contribution is 2.26. The molecule has 1 aromatic carbocycles. The summed E-state index contributed by atoms with van der Waals surface area (Å²) >= 11 is 12.4. The van der Waals surface area contributed by atoms with Gasteiger partial charge < -0.3 is 0 Å². The standard InChI is InChI=1S/C17H14Cl2N4O/c1-11-15(6-7-16(24)12-9-20-22(2)10-12)17(19)23(21-11)14-5-3-4-13(18)8-14/h3-10H,1-2H3. The predicted octanol–water partition coefficient (Wildman–Crippen LogP) is 4.12. The maximum absolute atomic E-state index is 12.1. The minimum absolute atomic E-state index is 0.144. The molecule has 0 saturated carbocycles. The molecule has 3 rings (SSSR count). The third-order valence-corrected chi connectivity index (χ3v) is 4.09. The van der Waals surface area contributed by atoms with E-state index in [4.69, 9.17) is 23.2 Å². The van der Waals surface area contributed by atoms with Crippen LogP contribution in [0.25, 0.3) is 11.8 Å². The molecule has 2 aromatic heterocycles. The van der Waals surface area contributed by atoms with Gasteiger partial charge in [-0.3, -0.25) is 9.48 Å². The van der Waals surface area contributed by atoms with Crippen LogP contribution in [0.15, 0.2) is 42.7 Å².